The molecule has 3 aromatic rings. The SMILES string of the molecule is O=C(c1ccccc1-n1cccn1)N1CC(c2ccccn2)C1. The van der Waals surface area contributed by atoms with Crippen LogP contribution in [0, 0.1) is 0 Å². The maximum absolute atomic E-state index is 12.8. The van der Waals surface area contributed by atoms with Gasteiger partial charge in [0.05, 0.1) is 11.3 Å². The topological polar surface area (TPSA) is 51.0 Å². The van der Waals surface area contributed by atoms with Crippen molar-refractivity contribution in [2.24, 2.45) is 0 Å². The van der Waals surface area contributed by atoms with Gasteiger partial charge in [0.15, 0.2) is 0 Å². The lowest BCUT2D eigenvalue weighted by Crippen LogP contribution is -2.48. The molecule has 1 aromatic carbocycles. The third-order valence-corrected chi connectivity index (χ3v) is 4.16. The number of carbonyl (C=O) groups is 1. The van der Waals surface area contributed by atoms with Crippen molar-refractivity contribution in [1.82, 2.24) is 19.7 Å². The fourth-order valence-electron chi connectivity index (χ4n) is 2.88. The molecule has 2 aromatic heterocycles. The highest BCUT2D eigenvalue weighted by molar-refractivity contribution is 5.98. The lowest BCUT2D eigenvalue weighted by atomic mass is 9.94. The number of amides is 1. The summed E-state index contributed by atoms with van der Waals surface area (Å²) in [5, 5.41) is 4.23. The molecule has 114 valence electrons. The Morgan fingerprint density at radius 1 is 1.00 bits per heavy atom. The molecule has 0 saturated carbocycles. The second-order valence-electron chi connectivity index (χ2n) is 5.63. The van der Waals surface area contributed by atoms with Crippen LogP contribution in [-0.2, 0) is 0 Å². The number of aromatic nitrogens is 3. The Kier molecular flexibility index (Phi) is 3.38. The molecule has 5 nitrogen and oxygen atoms in total. The molecule has 0 spiro atoms. The second kappa shape index (κ2) is 5.68. The third kappa shape index (κ3) is 2.50. The minimum atomic E-state index is 0.0447. The molecule has 4 rings (SSSR count). The predicted molar refractivity (Wildman–Crippen MR) is 86.4 cm³/mol. The standard InChI is InChI=1S/C18H16N4O/c23-18(21-12-14(13-21)16-7-3-4-9-19-16)15-6-1-2-8-17(15)22-11-5-10-20-22/h1-11,14H,12-13H2. The van der Waals surface area contributed by atoms with Crippen LogP contribution in [0.3, 0.4) is 0 Å². The molecule has 3 heterocycles. The van der Waals surface area contributed by atoms with Crippen molar-refractivity contribution >= 4 is 5.91 Å². The third-order valence-electron chi connectivity index (χ3n) is 4.16. The number of nitrogens with zero attached hydrogens (tertiary/aromatic N) is 4. The zero-order chi connectivity index (χ0) is 15.6. The first-order valence-electron chi connectivity index (χ1n) is 7.62. The van der Waals surface area contributed by atoms with E-state index >= 15 is 0 Å². The zero-order valence-electron chi connectivity index (χ0n) is 12.5. The number of pyridine rings is 1. The second-order valence-corrected chi connectivity index (χ2v) is 5.63. The monoisotopic (exact) mass is 304 g/mol. The Morgan fingerprint density at radius 2 is 1.83 bits per heavy atom. The number of likely N-dealkylation sites (tertiary alicyclic amines) is 1. The largest absolute Gasteiger partial charge is 0.337 e. The van der Waals surface area contributed by atoms with E-state index in [4.69, 9.17) is 0 Å². The lowest BCUT2D eigenvalue weighted by Gasteiger charge is -2.39. The predicted octanol–water partition coefficient (Wildman–Crippen LogP) is 2.51. The first-order chi connectivity index (χ1) is 11.3. The molecule has 1 saturated heterocycles. The average Bonchev–Trinajstić information content (AvgIpc) is 3.09. The highest BCUT2D eigenvalue weighted by atomic mass is 16.2. The Labute approximate surface area is 134 Å². The van der Waals surface area contributed by atoms with E-state index in [-0.39, 0.29) is 5.91 Å². The smallest absolute Gasteiger partial charge is 0.256 e. The van der Waals surface area contributed by atoms with Crippen molar-refractivity contribution in [1.29, 1.82) is 0 Å². The van der Waals surface area contributed by atoms with Gasteiger partial charge in [0.1, 0.15) is 0 Å². The molecular weight excluding hydrogens is 288 g/mol. The van der Waals surface area contributed by atoms with Crippen molar-refractivity contribution < 1.29 is 4.79 Å². The van der Waals surface area contributed by atoms with Crippen LogP contribution in [-0.4, -0.2) is 38.7 Å². The van der Waals surface area contributed by atoms with Crippen LogP contribution >= 0.6 is 0 Å². The van der Waals surface area contributed by atoms with Gasteiger partial charge in [-0.1, -0.05) is 18.2 Å². The van der Waals surface area contributed by atoms with Crippen molar-refractivity contribution in [2.45, 2.75) is 5.92 Å². The Bertz CT molecular complexity index is 808. The first kappa shape index (κ1) is 13.7. The number of para-hydroxylation sites is 1. The van der Waals surface area contributed by atoms with E-state index < -0.39 is 0 Å². The summed E-state index contributed by atoms with van der Waals surface area (Å²) in [4.78, 5) is 19.0. The summed E-state index contributed by atoms with van der Waals surface area (Å²) in [5.41, 5.74) is 2.54. The summed E-state index contributed by atoms with van der Waals surface area (Å²) in [5.74, 6) is 0.375. The van der Waals surface area contributed by atoms with E-state index in [0.29, 0.717) is 24.6 Å². The maximum atomic E-state index is 12.8. The van der Waals surface area contributed by atoms with Gasteiger partial charge >= 0.3 is 0 Å². The number of hydrogen-bond acceptors (Lipinski definition) is 3. The summed E-state index contributed by atoms with van der Waals surface area (Å²) < 4.78 is 1.73. The van der Waals surface area contributed by atoms with Crippen LogP contribution in [0.5, 0.6) is 0 Å². The summed E-state index contributed by atoms with van der Waals surface area (Å²) in [6.07, 6.45) is 5.35. The van der Waals surface area contributed by atoms with E-state index in [1.54, 1.807) is 17.1 Å². The fraction of sp³-hybridized carbons (Fsp3) is 0.167. The normalized spacial score (nSPS) is 14.5. The number of hydrogen-bond donors (Lipinski definition) is 0. The molecule has 1 amide bonds. The molecule has 1 fully saturated rings. The highest BCUT2D eigenvalue weighted by Gasteiger charge is 2.33. The van der Waals surface area contributed by atoms with Gasteiger partial charge in [0.25, 0.3) is 5.91 Å². The summed E-state index contributed by atoms with van der Waals surface area (Å²) in [7, 11) is 0. The number of rotatable bonds is 3. The van der Waals surface area contributed by atoms with Gasteiger partial charge in [-0.15, -0.1) is 0 Å². The lowest BCUT2D eigenvalue weighted by molar-refractivity contribution is 0.0598. The van der Waals surface area contributed by atoms with E-state index in [9.17, 15) is 4.79 Å². The maximum Gasteiger partial charge on any atom is 0.256 e. The van der Waals surface area contributed by atoms with E-state index in [1.807, 2.05) is 59.6 Å². The minimum Gasteiger partial charge on any atom is -0.337 e. The molecule has 0 unspecified atom stereocenters. The first-order valence-corrected chi connectivity index (χ1v) is 7.62. The van der Waals surface area contributed by atoms with Gasteiger partial charge < -0.3 is 4.90 Å². The molecule has 0 N–H and O–H groups in total. The molecule has 5 heteroatoms. The Morgan fingerprint density at radius 3 is 2.57 bits per heavy atom. The average molecular weight is 304 g/mol. The van der Waals surface area contributed by atoms with E-state index in [2.05, 4.69) is 10.1 Å². The Balaban J connectivity index is 1.53. The van der Waals surface area contributed by atoms with Gasteiger partial charge in [0, 0.05) is 43.3 Å². The zero-order valence-corrected chi connectivity index (χ0v) is 12.5. The fourth-order valence-corrected chi connectivity index (χ4v) is 2.88. The van der Waals surface area contributed by atoms with Crippen LogP contribution in [0.15, 0.2) is 67.1 Å². The number of benzene rings is 1. The van der Waals surface area contributed by atoms with E-state index in [1.165, 1.54) is 0 Å². The van der Waals surface area contributed by atoms with Crippen molar-refractivity contribution in [3.05, 3.63) is 78.4 Å². The quantitative estimate of drug-likeness (QED) is 0.747. The molecule has 1 aliphatic rings. The van der Waals surface area contributed by atoms with Crippen LogP contribution < -0.4 is 0 Å². The molecule has 0 bridgehead atoms. The van der Waals surface area contributed by atoms with Gasteiger partial charge in [-0.2, -0.15) is 5.10 Å². The summed E-state index contributed by atoms with van der Waals surface area (Å²) in [6.45, 7) is 1.42. The van der Waals surface area contributed by atoms with E-state index in [0.717, 1.165) is 11.4 Å². The molecule has 1 aliphatic heterocycles. The minimum absolute atomic E-state index is 0.0447. The van der Waals surface area contributed by atoms with Crippen molar-refractivity contribution in [2.75, 3.05) is 13.1 Å². The van der Waals surface area contributed by atoms with Crippen LogP contribution in [0.25, 0.3) is 5.69 Å². The summed E-state index contributed by atoms with van der Waals surface area (Å²) >= 11 is 0. The molecular formula is C18H16N4O. The highest BCUT2D eigenvalue weighted by Crippen LogP contribution is 2.28. The van der Waals surface area contributed by atoms with Crippen LogP contribution in [0.4, 0.5) is 0 Å². The van der Waals surface area contributed by atoms with Crippen LogP contribution in [0.1, 0.15) is 22.0 Å². The molecule has 0 radical (unpaired) electrons. The summed E-state index contributed by atoms with van der Waals surface area (Å²) in [6, 6.07) is 15.3. The molecule has 0 aliphatic carbocycles. The van der Waals surface area contributed by atoms with Gasteiger partial charge in [-0.25, -0.2) is 4.68 Å². The van der Waals surface area contributed by atoms with Gasteiger partial charge in [-0.3, -0.25) is 9.78 Å². The number of carbonyl (C=O) groups excluding carboxylic acids is 1. The van der Waals surface area contributed by atoms with Crippen molar-refractivity contribution in [3.8, 4) is 5.69 Å². The van der Waals surface area contributed by atoms with Crippen LogP contribution in [0.2, 0.25) is 0 Å². The molecule has 23 heavy (non-hydrogen) atoms. The van der Waals surface area contributed by atoms with Gasteiger partial charge in [-0.05, 0) is 30.3 Å². The molecule has 0 atom stereocenters. The van der Waals surface area contributed by atoms with Crippen molar-refractivity contribution in [3.63, 3.8) is 0 Å². The Hall–Kier alpha value is -2.95. The van der Waals surface area contributed by atoms with Gasteiger partial charge in [0.2, 0.25) is 0 Å².